The van der Waals surface area contributed by atoms with Crippen LogP contribution >= 0.6 is 0 Å². The zero-order chi connectivity index (χ0) is 19.4. The van der Waals surface area contributed by atoms with E-state index in [1.807, 2.05) is 0 Å². The maximum absolute atomic E-state index is 12.8. The van der Waals surface area contributed by atoms with Crippen LogP contribution in [0.15, 0.2) is 48.5 Å². The van der Waals surface area contributed by atoms with Crippen LogP contribution in [0, 0.1) is 5.82 Å². The van der Waals surface area contributed by atoms with Crippen molar-refractivity contribution in [2.24, 2.45) is 0 Å². The van der Waals surface area contributed by atoms with Gasteiger partial charge in [-0.2, -0.15) is 0 Å². The second kappa shape index (κ2) is 7.77. The normalized spacial score (nSPS) is 13.4. The number of hydrogen-bond acceptors (Lipinski definition) is 5. The molecule has 1 fully saturated rings. The van der Waals surface area contributed by atoms with E-state index >= 15 is 0 Å². The molecule has 3 rings (SSSR count). The van der Waals surface area contributed by atoms with Crippen molar-refractivity contribution in [2.45, 2.75) is 6.54 Å². The second-order valence-electron chi connectivity index (χ2n) is 5.84. The molecule has 2 aromatic carbocycles. The van der Waals surface area contributed by atoms with Crippen molar-refractivity contribution in [3.05, 3.63) is 71.0 Å². The monoisotopic (exact) mass is 370 g/mol. The first-order valence-corrected chi connectivity index (χ1v) is 8.07. The Morgan fingerprint density at radius 2 is 1.63 bits per heavy atom. The Hall–Kier alpha value is -3.55. The molecule has 0 aliphatic carbocycles. The molecule has 0 saturated carbocycles. The first kappa shape index (κ1) is 18.2. The second-order valence-corrected chi connectivity index (χ2v) is 5.84. The molecule has 0 aromatic heterocycles. The molecular weight excluding hydrogens is 355 g/mol. The number of carbonyl (C=O) groups is 4. The standard InChI is InChI=1S/C19H15FN2O5/c20-15-7-5-13(6-8-15)16(23)11-27-18(25)14-3-1-12(2-4-14)10-22-17(24)9-21-19(22)26/h1-8H,9-11H2,(H,21,26). The number of Topliss-reactive ketones (excluding diaryl/α,β-unsaturated/α-hetero) is 1. The van der Waals surface area contributed by atoms with Gasteiger partial charge in [0.1, 0.15) is 5.82 Å². The molecular formula is C19H15FN2O5. The third-order valence-corrected chi connectivity index (χ3v) is 3.97. The van der Waals surface area contributed by atoms with Crippen LogP contribution < -0.4 is 5.32 Å². The first-order chi connectivity index (χ1) is 12.9. The molecule has 0 radical (unpaired) electrons. The summed E-state index contributed by atoms with van der Waals surface area (Å²) in [5.74, 6) is -1.91. The van der Waals surface area contributed by atoms with Crippen molar-refractivity contribution < 1.29 is 28.3 Å². The minimum absolute atomic E-state index is 0.0225. The molecule has 0 unspecified atom stereocenters. The van der Waals surface area contributed by atoms with Gasteiger partial charge < -0.3 is 10.1 Å². The quantitative estimate of drug-likeness (QED) is 0.476. The topological polar surface area (TPSA) is 92.8 Å². The van der Waals surface area contributed by atoms with E-state index in [0.717, 1.165) is 17.0 Å². The number of esters is 1. The fourth-order valence-electron chi connectivity index (χ4n) is 2.48. The first-order valence-electron chi connectivity index (χ1n) is 8.07. The van der Waals surface area contributed by atoms with E-state index < -0.39 is 30.2 Å². The third kappa shape index (κ3) is 4.35. The van der Waals surface area contributed by atoms with E-state index in [0.29, 0.717) is 5.56 Å². The summed E-state index contributed by atoms with van der Waals surface area (Å²) in [6.07, 6.45) is 0. The average molecular weight is 370 g/mol. The van der Waals surface area contributed by atoms with E-state index in [2.05, 4.69) is 5.32 Å². The zero-order valence-electron chi connectivity index (χ0n) is 14.1. The maximum Gasteiger partial charge on any atom is 0.338 e. The van der Waals surface area contributed by atoms with Gasteiger partial charge in [0, 0.05) is 5.56 Å². The maximum atomic E-state index is 12.8. The largest absolute Gasteiger partial charge is 0.454 e. The molecule has 3 amide bonds. The lowest BCUT2D eigenvalue weighted by Gasteiger charge is -2.12. The third-order valence-electron chi connectivity index (χ3n) is 3.97. The molecule has 27 heavy (non-hydrogen) atoms. The summed E-state index contributed by atoms with van der Waals surface area (Å²) in [5, 5.41) is 2.42. The molecule has 138 valence electrons. The minimum atomic E-state index is -0.688. The number of halogens is 1. The van der Waals surface area contributed by atoms with Gasteiger partial charge in [-0.3, -0.25) is 14.5 Å². The number of nitrogens with zero attached hydrogens (tertiary/aromatic N) is 1. The Morgan fingerprint density at radius 3 is 2.22 bits per heavy atom. The lowest BCUT2D eigenvalue weighted by Crippen LogP contribution is -2.30. The number of benzene rings is 2. The van der Waals surface area contributed by atoms with Crippen LogP contribution in [0.3, 0.4) is 0 Å². The highest BCUT2D eigenvalue weighted by Gasteiger charge is 2.28. The van der Waals surface area contributed by atoms with E-state index in [1.54, 1.807) is 12.1 Å². The Kier molecular flexibility index (Phi) is 5.25. The smallest absolute Gasteiger partial charge is 0.338 e. The Bertz CT molecular complexity index is 877. The van der Waals surface area contributed by atoms with E-state index in [9.17, 15) is 23.6 Å². The lowest BCUT2D eigenvalue weighted by atomic mass is 10.1. The van der Waals surface area contributed by atoms with Gasteiger partial charge in [-0.25, -0.2) is 14.0 Å². The lowest BCUT2D eigenvalue weighted by molar-refractivity contribution is -0.125. The molecule has 0 atom stereocenters. The molecule has 1 N–H and O–H groups in total. The number of hydrogen-bond donors (Lipinski definition) is 1. The van der Waals surface area contributed by atoms with Crippen molar-refractivity contribution in [3.8, 4) is 0 Å². The van der Waals surface area contributed by atoms with Gasteiger partial charge in [0.05, 0.1) is 18.7 Å². The number of ether oxygens (including phenoxy) is 1. The predicted molar refractivity (Wildman–Crippen MR) is 91.4 cm³/mol. The molecule has 8 heteroatoms. The highest BCUT2D eigenvalue weighted by Crippen LogP contribution is 2.12. The number of amides is 3. The Balaban J connectivity index is 1.55. The van der Waals surface area contributed by atoms with Gasteiger partial charge in [-0.15, -0.1) is 0 Å². The number of imide groups is 1. The molecule has 0 spiro atoms. The Labute approximate surface area is 153 Å². The SMILES string of the molecule is O=C(COC(=O)c1ccc(CN2C(=O)CNC2=O)cc1)c1ccc(F)cc1. The Morgan fingerprint density at radius 1 is 1.00 bits per heavy atom. The van der Waals surface area contributed by atoms with Crippen LogP contribution in [0.4, 0.5) is 9.18 Å². The highest BCUT2D eigenvalue weighted by atomic mass is 19.1. The van der Waals surface area contributed by atoms with Crippen LogP contribution in [0.2, 0.25) is 0 Å². The van der Waals surface area contributed by atoms with Crippen LogP contribution in [0.25, 0.3) is 0 Å². The van der Waals surface area contributed by atoms with Crippen molar-refractivity contribution in [2.75, 3.05) is 13.2 Å². The van der Waals surface area contributed by atoms with E-state index in [-0.39, 0.29) is 30.1 Å². The number of carbonyl (C=O) groups excluding carboxylic acids is 4. The summed E-state index contributed by atoms with van der Waals surface area (Å²) >= 11 is 0. The van der Waals surface area contributed by atoms with Crippen LogP contribution in [0.5, 0.6) is 0 Å². The summed E-state index contributed by atoms with van der Waals surface area (Å²) in [6, 6.07) is 10.6. The van der Waals surface area contributed by atoms with E-state index in [1.165, 1.54) is 24.3 Å². The highest BCUT2D eigenvalue weighted by molar-refractivity contribution is 6.02. The predicted octanol–water partition coefficient (Wildman–Crippen LogP) is 1.92. The van der Waals surface area contributed by atoms with Gasteiger partial charge >= 0.3 is 12.0 Å². The van der Waals surface area contributed by atoms with E-state index in [4.69, 9.17) is 4.74 Å². The number of ketones is 1. The molecule has 1 saturated heterocycles. The van der Waals surface area contributed by atoms with Crippen molar-refractivity contribution in [3.63, 3.8) is 0 Å². The number of nitrogens with one attached hydrogen (secondary N) is 1. The van der Waals surface area contributed by atoms with Gasteiger partial charge in [0.15, 0.2) is 12.4 Å². The molecule has 1 heterocycles. The zero-order valence-corrected chi connectivity index (χ0v) is 14.1. The minimum Gasteiger partial charge on any atom is -0.454 e. The van der Waals surface area contributed by atoms with Crippen LogP contribution in [-0.2, 0) is 16.1 Å². The fourth-order valence-corrected chi connectivity index (χ4v) is 2.48. The summed E-state index contributed by atoms with van der Waals surface area (Å²) < 4.78 is 17.8. The van der Waals surface area contributed by atoms with Crippen molar-refractivity contribution in [1.82, 2.24) is 10.2 Å². The van der Waals surface area contributed by atoms with Crippen LogP contribution in [-0.4, -0.2) is 41.7 Å². The summed E-state index contributed by atoms with van der Waals surface area (Å²) in [7, 11) is 0. The molecule has 7 nitrogen and oxygen atoms in total. The average Bonchev–Trinajstić information content (AvgIpc) is 2.99. The van der Waals surface area contributed by atoms with Gasteiger partial charge in [-0.1, -0.05) is 12.1 Å². The van der Waals surface area contributed by atoms with Gasteiger partial charge in [0.25, 0.3) is 0 Å². The molecule has 0 bridgehead atoms. The molecule has 1 aliphatic rings. The number of rotatable bonds is 6. The molecule has 2 aromatic rings. The van der Waals surface area contributed by atoms with Crippen LogP contribution in [0.1, 0.15) is 26.3 Å². The van der Waals surface area contributed by atoms with Crippen molar-refractivity contribution >= 4 is 23.7 Å². The van der Waals surface area contributed by atoms with Gasteiger partial charge in [-0.05, 0) is 42.0 Å². The molecule has 1 aliphatic heterocycles. The van der Waals surface area contributed by atoms with Crippen molar-refractivity contribution in [1.29, 1.82) is 0 Å². The summed E-state index contributed by atoms with van der Waals surface area (Å²) in [5.41, 5.74) is 1.13. The van der Waals surface area contributed by atoms with Gasteiger partial charge in [0.2, 0.25) is 5.91 Å². The summed E-state index contributed by atoms with van der Waals surface area (Å²) in [4.78, 5) is 48.1. The fraction of sp³-hybridized carbons (Fsp3) is 0.158. The summed E-state index contributed by atoms with van der Waals surface area (Å²) in [6.45, 7) is -0.386. The number of urea groups is 1.